The highest BCUT2D eigenvalue weighted by Crippen LogP contribution is 2.50. The first-order valence-electron chi connectivity index (χ1n) is 11.0. The van der Waals surface area contributed by atoms with Gasteiger partial charge in [-0.25, -0.2) is 4.98 Å². The fraction of sp³-hybridized carbons (Fsp3) is 0. The van der Waals surface area contributed by atoms with Crippen molar-refractivity contribution in [3.05, 3.63) is 115 Å². The number of aromatic nitrogens is 2. The first kappa shape index (κ1) is 18.6. The number of imidazole rings is 1. The number of rotatable bonds is 2. The second-order valence-electron chi connectivity index (χ2n) is 8.38. The van der Waals surface area contributed by atoms with Crippen LogP contribution < -0.4 is 15.9 Å². The van der Waals surface area contributed by atoms with Gasteiger partial charge in [0.2, 0.25) is 0 Å². The van der Waals surface area contributed by atoms with E-state index in [0.29, 0.717) is 0 Å². The van der Waals surface area contributed by atoms with Gasteiger partial charge in [0.1, 0.15) is 5.82 Å². The van der Waals surface area contributed by atoms with Crippen LogP contribution in [0.2, 0.25) is 0 Å². The quantitative estimate of drug-likeness (QED) is 0.317. The molecule has 1 aliphatic rings. The van der Waals surface area contributed by atoms with Crippen LogP contribution in [0.4, 0.5) is 0 Å². The Kier molecular flexibility index (Phi) is 3.82. The van der Waals surface area contributed by atoms with Gasteiger partial charge in [-0.1, -0.05) is 91.0 Å². The van der Waals surface area contributed by atoms with Crippen LogP contribution >= 0.6 is 7.14 Å². The van der Waals surface area contributed by atoms with Crippen molar-refractivity contribution in [2.24, 2.45) is 0 Å². The minimum atomic E-state index is -3.05. The van der Waals surface area contributed by atoms with Crippen molar-refractivity contribution in [2.45, 2.75) is 0 Å². The summed E-state index contributed by atoms with van der Waals surface area (Å²) in [4.78, 5) is 5.10. The summed E-state index contributed by atoms with van der Waals surface area (Å²) in [6.07, 6.45) is 0. The summed E-state index contributed by atoms with van der Waals surface area (Å²) in [5, 5.41) is 4.89. The fourth-order valence-corrected chi connectivity index (χ4v) is 8.17. The zero-order valence-corrected chi connectivity index (χ0v) is 18.6. The molecule has 0 spiro atoms. The lowest BCUT2D eigenvalue weighted by Crippen LogP contribution is -2.32. The Morgan fingerprint density at radius 3 is 2.24 bits per heavy atom. The highest BCUT2D eigenvalue weighted by molar-refractivity contribution is 7.86. The van der Waals surface area contributed by atoms with Gasteiger partial charge in [0.25, 0.3) is 0 Å². The minimum absolute atomic E-state index is 0.851. The molecule has 4 heteroatoms. The van der Waals surface area contributed by atoms with Crippen LogP contribution in [0.15, 0.2) is 115 Å². The largest absolute Gasteiger partial charge is 0.308 e. The summed E-state index contributed by atoms with van der Waals surface area (Å²) in [5.41, 5.74) is 3.81. The summed E-state index contributed by atoms with van der Waals surface area (Å²) in [6.45, 7) is 0. The molecule has 0 aliphatic carbocycles. The molecule has 0 fully saturated rings. The van der Waals surface area contributed by atoms with Crippen LogP contribution in [-0.2, 0) is 4.57 Å². The molecule has 1 atom stereocenters. The molecule has 0 radical (unpaired) electrons. The molecule has 33 heavy (non-hydrogen) atoms. The summed E-state index contributed by atoms with van der Waals surface area (Å²) < 4.78 is 17.2. The Bertz CT molecular complexity index is 1750. The van der Waals surface area contributed by atoms with E-state index < -0.39 is 7.14 Å². The molecular weight excluding hydrogens is 423 g/mol. The lowest BCUT2D eigenvalue weighted by Gasteiger charge is -2.29. The fourth-order valence-electron chi connectivity index (χ4n) is 5.16. The van der Waals surface area contributed by atoms with E-state index in [1.54, 1.807) is 0 Å². The summed E-state index contributed by atoms with van der Waals surface area (Å²) in [5.74, 6) is 0.876. The van der Waals surface area contributed by atoms with Crippen molar-refractivity contribution in [1.29, 1.82) is 0 Å². The van der Waals surface area contributed by atoms with Gasteiger partial charge in [-0.3, -0.25) is 4.57 Å². The van der Waals surface area contributed by atoms with E-state index in [2.05, 4.69) is 53.1 Å². The van der Waals surface area contributed by atoms with E-state index >= 15 is 0 Å². The predicted molar refractivity (Wildman–Crippen MR) is 137 cm³/mol. The number of benzene rings is 5. The first-order chi connectivity index (χ1) is 16.3. The normalized spacial score (nSPS) is 16.7. The van der Waals surface area contributed by atoms with Crippen molar-refractivity contribution >= 4 is 44.9 Å². The molecule has 1 aliphatic heterocycles. The summed E-state index contributed by atoms with van der Waals surface area (Å²) >= 11 is 0. The van der Waals surface area contributed by atoms with E-state index in [4.69, 9.17) is 4.98 Å². The zero-order chi connectivity index (χ0) is 22.0. The van der Waals surface area contributed by atoms with Crippen molar-refractivity contribution in [3.8, 4) is 17.1 Å². The molecule has 3 nitrogen and oxygen atoms in total. The average Bonchev–Trinajstić information content (AvgIpc) is 3.27. The van der Waals surface area contributed by atoms with Gasteiger partial charge < -0.3 is 4.57 Å². The van der Waals surface area contributed by atoms with E-state index in [1.807, 2.05) is 66.7 Å². The molecule has 156 valence electrons. The first-order valence-corrected chi connectivity index (χ1v) is 12.7. The number of hydrogen-bond donors (Lipinski definition) is 0. The van der Waals surface area contributed by atoms with E-state index in [0.717, 1.165) is 49.4 Å². The Morgan fingerprint density at radius 2 is 1.33 bits per heavy atom. The van der Waals surface area contributed by atoms with Gasteiger partial charge in [-0.15, -0.1) is 0 Å². The van der Waals surface area contributed by atoms with Crippen molar-refractivity contribution in [1.82, 2.24) is 9.55 Å². The topological polar surface area (TPSA) is 34.9 Å². The molecule has 6 aromatic rings. The van der Waals surface area contributed by atoms with Crippen LogP contribution in [0.1, 0.15) is 0 Å². The van der Waals surface area contributed by atoms with Crippen LogP contribution in [-0.4, -0.2) is 9.55 Å². The maximum Gasteiger partial charge on any atom is 0.175 e. The van der Waals surface area contributed by atoms with Crippen molar-refractivity contribution in [2.75, 3.05) is 0 Å². The van der Waals surface area contributed by atoms with Crippen LogP contribution in [0, 0.1) is 0 Å². The third kappa shape index (κ3) is 2.46. The molecule has 0 amide bonds. The second kappa shape index (κ2) is 6.78. The summed E-state index contributed by atoms with van der Waals surface area (Å²) in [7, 11) is -3.05. The van der Waals surface area contributed by atoms with Crippen LogP contribution in [0.25, 0.3) is 38.9 Å². The zero-order valence-electron chi connectivity index (χ0n) is 17.7. The minimum Gasteiger partial charge on any atom is -0.308 e. The molecule has 1 unspecified atom stereocenters. The smallest absolute Gasteiger partial charge is 0.175 e. The SMILES string of the molecule is O=P1(c2ccccc2)c2ccccc2-n2c(-c3cccc4ccccc34)nc3cccc1c32. The van der Waals surface area contributed by atoms with Gasteiger partial charge in [-0.05, 0) is 35.0 Å². The molecule has 1 aromatic heterocycles. The van der Waals surface area contributed by atoms with Gasteiger partial charge in [0, 0.05) is 21.5 Å². The molecule has 2 heterocycles. The van der Waals surface area contributed by atoms with E-state index in [9.17, 15) is 4.57 Å². The third-order valence-corrected chi connectivity index (χ3v) is 9.73. The standard InChI is InChI=1S/C29H19N2OP/c32-33(21-12-2-1-3-13-21)26-18-7-6-17-25(26)31-28-24(16-9-19-27(28)33)30-29(31)23-15-8-11-20-10-4-5-14-22(20)23/h1-19H. The maximum atomic E-state index is 15.0. The number of nitrogens with zero attached hydrogens (tertiary/aromatic N) is 2. The van der Waals surface area contributed by atoms with Gasteiger partial charge in [-0.2, -0.15) is 0 Å². The van der Waals surface area contributed by atoms with Crippen LogP contribution in [0.5, 0.6) is 0 Å². The monoisotopic (exact) mass is 442 g/mol. The third-order valence-electron chi connectivity index (χ3n) is 6.61. The van der Waals surface area contributed by atoms with Crippen molar-refractivity contribution < 1.29 is 4.57 Å². The predicted octanol–water partition coefficient (Wildman–Crippen LogP) is 5.80. The molecule has 0 N–H and O–H groups in total. The van der Waals surface area contributed by atoms with Gasteiger partial charge in [0.05, 0.1) is 16.7 Å². The lowest BCUT2D eigenvalue weighted by atomic mass is 10.0. The molecule has 0 saturated heterocycles. The number of para-hydroxylation sites is 2. The molecular formula is C29H19N2OP. The van der Waals surface area contributed by atoms with E-state index in [-0.39, 0.29) is 0 Å². The highest BCUT2D eigenvalue weighted by Gasteiger charge is 2.39. The summed E-state index contributed by atoms with van der Waals surface area (Å²) in [6, 6.07) is 38.7. The number of hydrogen-bond acceptors (Lipinski definition) is 2. The van der Waals surface area contributed by atoms with Gasteiger partial charge in [0.15, 0.2) is 7.14 Å². The maximum absolute atomic E-state index is 15.0. The molecule has 5 aromatic carbocycles. The second-order valence-corrected chi connectivity index (χ2v) is 11.1. The average molecular weight is 442 g/mol. The Balaban J connectivity index is 1.66. The molecule has 0 saturated carbocycles. The van der Waals surface area contributed by atoms with Gasteiger partial charge >= 0.3 is 0 Å². The highest BCUT2D eigenvalue weighted by atomic mass is 31.2. The van der Waals surface area contributed by atoms with Crippen LogP contribution in [0.3, 0.4) is 0 Å². The van der Waals surface area contributed by atoms with E-state index in [1.165, 1.54) is 5.39 Å². The molecule has 0 bridgehead atoms. The Morgan fingerprint density at radius 1 is 0.636 bits per heavy atom. The Labute approximate surface area is 191 Å². The van der Waals surface area contributed by atoms with Crippen molar-refractivity contribution in [3.63, 3.8) is 0 Å². The molecule has 7 rings (SSSR count). The lowest BCUT2D eigenvalue weighted by molar-refractivity contribution is 0.592. The number of fused-ring (bicyclic) bond motifs is 3. The Hall–Kier alpha value is -3.94.